The first-order valence-corrected chi connectivity index (χ1v) is 12.9. The molecular weight excluding hydrogens is 410 g/mol. The van der Waals surface area contributed by atoms with Gasteiger partial charge in [0, 0.05) is 19.3 Å². The van der Waals surface area contributed by atoms with Crippen LogP contribution in [0, 0.1) is 0 Å². The van der Waals surface area contributed by atoms with Gasteiger partial charge in [-0.25, -0.2) is 0 Å². The molecule has 4 nitrogen and oxygen atoms in total. The van der Waals surface area contributed by atoms with Gasteiger partial charge < -0.3 is 17.7 Å². The third kappa shape index (κ3) is 12.8. The summed E-state index contributed by atoms with van der Waals surface area (Å²) >= 11 is 0. The predicted molar refractivity (Wildman–Crippen MR) is 126 cm³/mol. The summed E-state index contributed by atoms with van der Waals surface area (Å²) in [5, 5.41) is 1.63. The van der Waals surface area contributed by atoms with E-state index in [-0.39, 0.29) is 29.8 Å². The molecule has 0 atom stereocenters. The third-order valence-corrected chi connectivity index (χ3v) is 6.27. The molecule has 0 radical (unpaired) electrons. The fourth-order valence-electron chi connectivity index (χ4n) is 4.21. The summed E-state index contributed by atoms with van der Waals surface area (Å²) in [6, 6.07) is 0. The monoisotopic (exact) mass is 459 g/mol. The summed E-state index contributed by atoms with van der Waals surface area (Å²) in [4.78, 5) is 39.6. The molecule has 0 heterocycles. The van der Waals surface area contributed by atoms with Gasteiger partial charge in [0.25, 0.3) is 5.54 Å². The number of nitrogens with two attached hydrogens (primary N) is 1. The van der Waals surface area contributed by atoms with E-state index in [0.29, 0.717) is 19.3 Å². The molecule has 0 aliphatic rings. The van der Waals surface area contributed by atoms with E-state index in [1.54, 1.807) is 12.4 Å². The van der Waals surface area contributed by atoms with Crippen LogP contribution in [0.2, 0.25) is 0 Å². The zero-order valence-corrected chi connectivity index (χ0v) is 21.7. The zero-order chi connectivity index (χ0) is 22.7. The SMILES string of the molecule is CCCCCCCC(=O)C([NH2+]C)(C(=O)CCCCCCC)C(=O)CCCCCCC.[Cl-]. The number of quaternary nitrogens is 1. The van der Waals surface area contributed by atoms with Gasteiger partial charge in [0.1, 0.15) is 0 Å². The second-order valence-electron chi connectivity index (χ2n) is 8.86. The minimum absolute atomic E-state index is 0. The number of ketones is 3. The molecule has 0 aromatic carbocycles. The first-order chi connectivity index (χ1) is 14.5. The summed E-state index contributed by atoms with van der Waals surface area (Å²) in [6.45, 7) is 6.50. The van der Waals surface area contributed by atoms with Gasteiger partial charge in [-0.1, -0.05) is 97.8 Å². The maximum Gasteiger partial charge on any atom is 0.272 e. The molecule has 31 heavy (non-hydrogen) atoms. The number of rotatable bonds is 22. The van der Waals surface area contributed by atoms with E-state index in [1.165, 1.54) is 19.3 Å². The highest BCUT2D eigenvalue weighted by Gasteiger charge is 2.52. The highest BCUT2D eigenvalue weighted by Crippen LogP contribution is 2.19. The molecule has 0 aliphatic carbocycles. The number of unbranched alkanes of at least 4 members (excludes halogenated alkanes) is 12. The van der Waals surface area contributed by atoms with Crippen molar-refractivity contribution in [3.63, 3.8) is 0 Å². The fraction of sp³-hybridized carbons (Fsp3) is 0.885. The number of carbonyl (C=O) groups excluding carboxylic acids is 3. The average Bonchev–Trinajstić information content (AvgIpc) is 2.74. The van der Waals surface area contributed by atoms with Crippen molar-refractivity contribution in [3.8, 4) is 0 Å². The van der Waals surface area contributed by atoms with Gasteiger partial charge in [-0.05, 0) is 19.3 Å². The molecule has 0 aromatic heterocycles. The number of carbonyl (C=O) groups is 3. The summed E-state index contributed by atoms with van der Waals surface area (Å²) in [5.41, 5.74) is -1.49. The van der Waals surface area contributed by atoms with Crippen molar-refractivity contribution >= 4 is 17.3 Å². The van der Waals surface area contributed by atoms with Crippen LogP contribution in [0.3, 0.4) is 0 Å². The summed E-state index contributed by atoms with van der Waals surface area (Å²) in [6.07, 6.45) is 16.7. The van der Waals surface area contributed by atoms with Crippen molar-refractivity contribution < 1.29 is 32.1 Å². The molecule has 2 N–H and O–H groups in total. The van der Waals surface area contributed by atoms with Crippen LogP contribution in [0.25, 0.3) is 0 Å². The predicted octanol–water partition coefficient (Wildman–Crippen LogP) is 2.71. The maximum absolute atomic E-state index is 13.2. The highest BCUT2D eigenvalue weighted by molar-refractivity contribution is 6.27. The van der Waals surface area contributed by atoms with Crippen LogP contribution in [0.15, 0.2) is 0 Å². The topological polar surface area (TPSA) is 67.8 Å². The smallest absolute Gasteiger partial charge is 0.272 e. The number of halogens is 1. The largest absolute Gasteiger partial charge is 1.00 e. The molecule has 0 aromatic rings. The van der Waals surface area contributed by atoms with E-state index < -0.39 is 5.54 Å². The Bertz CT molecular complexity index is 415. The standard InChI is InChI=1S/C26H49NO3.ClH/c1-5-8-11-14-17-20-23(28)26(27-4,24(29)21-18-15-12-9-6-2)25(30)22-19-16-13-10-7-3;/h27H,5-22H2,1-4H3;1H. The van der Waals surface area contributed by atoms with E-state index in [9.17, 15) is 14.4 Å². The third-order valence-electron chi connectivity index (χ3n) is 6.27. The van der Waals surface area contributed by atoms with Crippen LogP contribution < -0.4 is 17.7 Å². The van der Waals surface area contributed by atoms with E-state index in [4.69, 9.17) is 0 Å². The van der Waals surface area contributed by atoms with E-state index in [2.05, 4.69) is 20.8 Å². The van der Waals surface area contributed by atoms with Crippen LogP contribution >= 0.6 is 0 Å². The molecule has 0 bridgehead atoms. The summed E-state index contributed by atoms with van der Waals surface area (Å²) < 4.78 is 0. The molecule has 0 spiro atoms. The Balaban J connectivity index is 0. The molecule has 0 unspecified atom stereocenters. The lowest BCUT2D eigenvalue weighted by atomic mass is 9.78. The molecule has 184 valence electrons. The number of likely N-dealkylation sites (N-methyl/N-ethyl adjacent to an activating group) is 1. The molecule has 0 saturated carbocycles. The van der Waals surface area contributed by atoms with Crippen molar-refractivity contribution in [3.05, 3.63) is 0 Å². The van der Waals surface area contributed by atoms with Gasteiger partial charge in [-0.3, -0.25) is 14.4 Å². The Labute approximate surface area is 198 Å². The molecule has 0 fully saturated rings. The van der Waals surface area contributed by atoms with Crippen LogP contribution in [0.5, 0.6) is 0 Å². The average molecular weight is 460 g/mol. The Kier molecular flexibility index (Phi) is 22.1. The minimum Gasteiger partial charge on any atom is -1.00 e. The minimum atomic E-state index is -1.49. The summed E-state index contributed by atoms with van der Waals surface area (Å²) in [7, 11) is 1.74. The van der Waals surface area contributed by atoms with Crippen molar-refractivity contribution in [1.29, 1.82) is 0 Å². The molecule has 0 saturated heterocycles. The van der Waals surface area contributed by atoms with Crippen molar-refractivity contribution in [2.75, 3.05) is 7.05 Å². The van der Waals surface area contributed by atoms with Gasteiger partial charge in [0.2, 0.25) is 17.3 Å². The summed E-state index contributed by atoms with van der Waals surface area (Å²) in [5.74, 6) is -0.462. The van der Waals surface area contributed by atoms with Gasteiger partial charge in [0.05, 0.1) is 7.05 Å². The molecule has 0 rings (SSSR count). The normalized spacial score (nSPS) is 11.2. The van der Waals surface area contributed by atoms with Crippen LogP contribution in [-0.4, -0.2) is 29.9 Å². The van der Waals surface area contributed by atoms with Crippen LogP contribution in [0.4, 0.5) is 0 Å². The second-order valence-corrected chi connectivity index (χ2v) is 8.86. The number of hydrogen-bond donors (Lipinski definition) is 1. The lowest BCUT2D eigenvalue weighted by Gasteiger charge is -2.26. The van der Waals surface area contributed by atoms with E-state index in [0.717, 1.165) is 77.0 Å². The lowest BCUT2D eigenvalue weighted by molar-refractivity contribution is -0.659. The molecule has 0 amide bonds. The maximum atomic E-state index is 13.2. The van der Waals surface area contributed by atoms with Gasteiger partial charge in [-0.2, -0.15) is 0 Å². The Hall–Kier alpha value is -0.740. The first-order valence-electron chi connectivity index (χ1n) is 12.9. The molecule has 0 aliphatic heterocycles. The van der Waals surface area contributed by atoms with Gasteiger partial charge in [-0.15, -0.1) is 0 Å². The van der Waals surface area contributed by atoms with E-state index in [1.807, 2.05) is 0 Å². The van der Waals surface area contributed by atoms with Crippen molar-refractivity contribution in [2.45, 2.75) is 142 Å². The Morgan fingerprint density at radius 3 is 1.00 bits per heavy atom. The van der Waals surface area contributed by atoms with Gasteiger partial charge in [0.15, 0.2) is 0 Å². The number of Topliss-reactive ketones (excluding diaryl/α,β-unsaturated/α-hetero) is 3. The van der Waals surface area contributed by atoms with Crippen molar-refractivity contribution in [1.82, 2.24) is 0 Å². The van der Waals surface area contributed by atoms with Crippen LogP contribution in [0.1, 0.15) is 136 Å². The second kappa shape index (κ2) is 21.1. The molecule has 5 heteroatoms. The first kappa shape index (κ1) is 32.4. The van der Waals surface area contributed by atoms with Gasteiger partial charge >= 0.3 is 0 Å². The highest BCUT2D eigenvalue weighted by atomic mass is 35.5. The molecular formula is C26H50ClNO3. The Morgan fingerprint density at radius 2 is 0.774 bits per heavy atom. The van der Waals surface area contributed by atoms with Crippen molar-refractivity contribution in [2.24, 2.45) is 0 Å². The number of hydrogen-bond acceptors (Lipinski definition) is 3. The fourth-order valence-corrected chi connectivity index (χ4v) is 4.21. The Morgan fingerprint density at radius 1 is 0.516 bits per heavy atom. The van der Waals surface area contributed by atoms with E-state index >= 15 is 0 Å². The zero-order valence-electron chi connectivity index (χ0n) is 20.9. The van der Waals surface area contributed by atoms with Crippen LogP contribution in [-0.2, 0) is 14.4 Å². The quantitative estimate of drug-likeness (QED) is 0.200. The lowest BCUT2D eigenvalue weighted by Crippen LogP contribution is -3.00.